The van der Waals surface area contributed by atoms with Gasteiger partial charge < -0.3 is 16.4 Å². The van der Waals surface area contributed by atoms with Crippen LogP contribution in [0.1, 0.15) is 41.4 Å². The first-order chi connectivity index (χ1) is 11.5. The highest BCUT2D eigenvalue weighted by molar-refractivity contribution is 5.94. The number of benzene rings is 2. The van der Waals surface area contributed by atoms with Crippen LogP contribution in [0.2, 0.25) is 0 Å². The number of amides is 3. The molecular formula is C19H23N3O2. The Morgan fingerprint density at radius 2 is 1.62 bits per heavy atom. The Balaban J connectivity index is 2.06. The number of hydrogen-bond donors (Lipinski definition) is 3. The van der Waals surface area contributed by atoms with Crippen LogP contribution in [-0.4, -0.2) is 11.9 Å². The van der Waals surface area contributed by atoms with Crippen LogP contribution in [0.4, 0.5) is 4.79 Å². The molecule has 0 unspecified atom stereocenters. The summed E-state index contributed by atoms with van der Waals surface area (Å²) in [5.74, 6) is 0.155. The summed E-state index contributed by atoms with van der Waals surface area (Å²) in [6.07, 6.45) is 0. The van der Waals surface area contributed by atoms with Crippen molar-refractivity contribution in [3.63, 3.8) is 0 Å². The van der Waals surface area contributed by atoms with Gasteiger partial charge in [-0.3, -0.25) is 4.79 Å². The maximum absolute atomic E-state index is 12.5. The minimum Gasteiger partial charge on any atom is -0.352 e. The lowest BCUT2D eigenvalue weighted by molar-refractivity contribution is 0.0925. The second-order valence-corrected chi connectivity index (χ2v) is 6.02. The van der Waals surface area contributed by atoms with E-state index in [2.05, 4.69) is 24.5 Å². The van der Waals surface area contributed by atoms with Gasteiger partial charge in [-0.15, -0.1) is 0 Å². The number of carbonyl (C=O) groups is 2. The fourth-order valence-electron chi connectivity index (χ4n) is 2.48. The first kappa shape index (κ1) is 17.5. The molecule has 2 aromatic carbocycles. The van der Waals surface area contributed by atoms with Crippen molar-refractivity contribution in [2.75, 3.05) is 0 Å². The predicted molar refractivity (Wildman–Crippen MR) is 94.4 cm³/mol. The molecule has 0 aliphatic carbocycles. The predicted octanol–water partition coefficient (Wildman–Crippen LogP) is 2.98. The van der Waals surface area contributed by atoms with Crippen LogP contribution in [0.5, 0.6) is 0 Å². The molecule has 0 saturated carbocycles. The Bertz CT molecular complexity index is 682. The average molecular weight is 325 g/mol. The van der Waals surface area contributed by atoms with E-state index in [1.165, 1.54) is 0 Å². The fraction of sp³-hybridized carbons (Fsp3) is 0.263. The molecule has 24 heavy (non-hydrogen) atoms. The van der Waals surface area contributed by atoms with E-state index >= 15 is 0 Å². The Hall–Kier alpha value is -2.82. The normalized spacial score (nSPS) is 11.8. The van der Waals surface area contributed by atoms with E-state index in [0.29, 0.717) is 12.1 Å². The number of primary amides is 1. The largest absolute Gasteiger partial charge is 0.352 e. The molecule has 5 heteroatoms. The summed E-state index contributed by atoms with van der Waals surface area (Å²) in [5.41, 5.74) is 7.59. The van der Waals surface area contributed by atoms with Crippen molar-refractivity contribution in [3.8, 4) is 0 Å². The van der Waals surface area contributed by atoms with Crippen LogP contribution in [0.25, 0.3) is 0 Å². The summed E-state index contributed by atoms with van der Waals surface area (Å²) in [6, 6.07) is 16.4. The minimum atomic E-state index is -0.570. The van der Waals surface area contributed by atoms with Crippen molar-refractivity contribution in [3.05, 3.63) is 71.3 Å². The van der Waals surface area contributed by atoms with Crippen LogP contribution in [0.3, 0.4) is 0 Å². The lowest BCUT2D eigenvalue weighted by Gasteiger charge is -2.23. The molecular weight excluding hydrogens is 302 g/mol. The number of hydrogen-bond acceptors (Lipinski definition) is 2. The van der Waals surface area contributed by atoms with Gasteiger partial charge in [-0.1, -0.05) is 56.3 Å². The Labute approximate surface area is 142 Å². The van der Waals surface area contributed by atoms with Crippen molar-refractivity contribution in [1.82, 2.24) is 10.6 Å². The molecule has 0 aromatic heterocycles. The zero-order chi connectivity index (χ0) is 17.5. The van der Waals surface area contributed by atoms with Crippen molar-refractivity contribution in [1.29, 1.82) is 0 Å². The summed E-state index contributed by atoms with van der Waals surface area (Å²) in [6.45, 7) is 4.50. The Morgan fingerprint density at radius 3 is 2.17 bits per heavy atom. The fourth-order valence-corrected chi connectivity index (χ4v) is 2.48. The third kappa shape index (κ3) is 4.84. The van der Waals surface area contributed by atoms with E-state index in [9.17, 15) is 9.59 Å². The molecule has 126 valence electrons. The van der Waals surface area contributed by atoms with Gasteiger partial charge in [0.05, 0.1) is 6.04 Å². The molecule has 4 N–H and O–H groups in total. The molecule has 0 heterocycles. The second kappa shape index (κ2) is 8.15. The van der Waals surface area contributed by atoms with Crippen molar-refractivity contribution in [2.45, 2.75) is 26.4 Å². The third-order valence-electron chi connectivity index (χ3n) is 3.79. The summed E-state index contributed by atoms with van der Waals surface area (Å²) in [5, 5.41) is 5.61. The molecule has 2 aromatic rings. The van der Waals surface area contributed by atoms with E-state index in [-0.39, 0.29) is 17.9 Å². The maximum Gasteiger partial charge on any atom is 0.312 e. The number of urea groups is 1. The number of carbonyl (C=O) groups excluding carboxylic acids is 2. The van der Waals surface area contributed by atoms with E-state index in [1.807, 2.05) is 30.3 Å². The molecule has 0 aliphatic rings. The third-order valence-corrected chi connectivity index (χ3v) is 3.79. The van der Waals surface area contributed by atoms with Crippen molar-refractivity contribution >= 4 is 11.9 Å². The molecule has 0 fully saturated rings. The Morgan fingerprint density at radius 1 is 1.00 bits per heavy atom. The van der Waals surface area contributed by atoms with Gasteiger partial charge in [-0.2, -0.15) is 0 Å². The molecule has 5 nitrogen and oxygen atoms in total. The van der Waals surface area contributed by atoms with Crippen molar-refractivity contribution in [2.24, 2.45) is 11.7 Å². The lowest BCUT2D eigenvalue weighted by Crippen LogP contribution is -2.31. The minimum absolute atomic E-state index is 0.0464. The van der Waals surface area contributed by atoms with Gasteiger partial charge >= 0.3 is 6.03 Å². The first-order valence-electron chi connectivity index (χ1n) is 7.95. The number of rotatable bonds is 6. The summed E-state index contributed by atoms with van der Waals surface area (Å²) in [4.78, 5) is 23.2. The van der Waals surface area contributed by atoms with Gasteiger partial charge in [-0.05, 0) is 29.2 Å². The lowest BCUT2D eigenvalue weighted by atomic mass is 9.95. The van der Waals surface area contributed by atoms with Crippen LogP contribution in [-0.2, 0) is 6.54 Å². The van der Waals surface area contributed by atoms with Gasteiger partial charge in [0, 0.05) is 12.1 Å². The SMILES string of the molecule is CC(C)[C@@H](NC(=O)c1ccc(CNC(N)=O)cc1)c1ccccc1. The topological polar surface area (TPSA) is 84.2 Å². The Kier molecular flexibility index (Phi) is 5.95. The number of nitrogens with one attached hydrogen (secondary N) is 2. The molecule has 0 spiro atoms. The first-order valence-corrected chi connectivity index (χ1v) is 7.95. The highest BCUT2D eigenvalue weighted by Crippen LogP contribution is 2.22. The second-order valence-electron chi connectivity index (χ2n) is 6.02. The monoisotopic (exact) mass is 325 g/mol. The molecule has 3 amide bonds. The molecule has 1 atom stereocenters. The van der Waals surface area contributed by atoms with E-state index in [0.717, 1.165) is 11.1 Å². The van der Waals surface area contributed by atoms with Crippen LogP contribution >= 0.6 is 0 Å². The molecule has 0 bridgehead atoms. The van der Waals surface area contributed by atoms with Crippen LogP contribution in [0, 0.1) is 5.92 Å². The van der Waals surface area contributed by atoms with E-state index in [4.69, 9.17) is 5.73 Å². The summed E-state index contributed by atoms with van der Waals surface area (Å²) in [7, 11) is 0. The zero-order valence-electron chi connectivity index (χ0n) is 14.0. The van der Waals surface area contributed by atoms with Crippen LogP contribution in [0.15, 0.2) is 54.6 Å². The smallest absolute Gasteiger partial charge is 0.312 e. The maximum atomic E-state index is 12.5. The van der Waals surface area contributed by atoms with Gasteiger partial charge in [-0.25, -0.2) is 4.79 Å². The van der Waals surface area contributed by atoms with Crippen molar-refractivity contribution < 1.29 is 9.59 Å². The highest BCUT2D eigenvalue weighted by atomic mass is 16.2. The van der Waals surface area contributed by atoms with Gasteiger partial charge in [0.2, 0.25) is 0 Å². The summed E-state index contributed by atoms with van der Waals surface area (Å²) < 4.78 is 0. The quantitative estimate of drug-likeness (QED) is 0.763. The van der Waals surface area contributed by atoms with Gasteiger partial charge in [0.25, 0.3) is 5.91 Å². The average Bonchev–Trinajstić information content (AvgIpc) is 2.58. The van der Waals surface area contributed by atoms with E-state index in [1.54, 1.807) is 24.3 Å². The molecule has 0 saturated heterocycles. The molecule has 0 radical (unpaired) electrons. The number of nitrogens with two attached hydrogens (primary N) is 1. The molecule has 0 aliphatic heterocycles. The van der Waals surface area contributed by atoms with E-state index < -0.39 is 6.03 Å². The standard InChI is InChI=1S/C19H23N3O2/c1-13(2)17(15-6-4-3-5-7-15)22-18(23)16-10-8-14(9-11-16)12-21-19(20)24/h3-11,13,17H,12H2,1-2H3,(H,22,23)(H3,20,21,24)/t17-/m1/s1. The van der Waals surface area contributed by atoms with Gasteiger partial charge in [0.1, 0.15) is 0 Å². The van der Waals surface area contributed by atoms with Gasteiger partial charge in [0.15, 0.2) is 0 Å². The van der Waals surface area contributed by atoms with Crippen LogP contribution < -0.4 is 16.4 Å². The molecule has 2 rings (SSSR count). The zero-order valence-corrected chi connectivity index (χ0v) is 14.0. The highest BCUT2D eigenvalue weighted by Gasteiger charge is 2.18. The summed E-state index contributed by atoms with van der Waals surface area (Å²) >= 11 is 0.